The number of anilines is 1. The molecule has 2 atom stereocenters. The smallest absolute Gasteiger partial charge is 0.323 e. The summed E-state index contributed by atoms with van der Waals surface area (Å²) in [5.74, 6) is -1.90. The van der Waals surface area contributed by atoms with Gasteiger partial charge in [-0.1, -0.05) is 24.6 Å². The minimum Gasteiger partial charge on any atom is -0.496 e. The van der Waals surface area contributed by atoms with E-state index in [0.717, 1.165) is 16.6 Å². The number of aliphatic carboxylic acids is 1. The number of fused-ring (bicyclic) bond motifs is 2. The zero-order chi connectivity index (χ0) is 25.8. The number of carboxylic acid groups (broad SMARTS) is 1. The molecule has 5 rings (SSSR count). The predicted molar refractivity (Wildman–Crippen MR) is 132 cm³/mol. The number of hydrogen-bond donors (Lipinski definition) is 2. The van der Waals surface area contributed by atoms with Gasteiger partial charge in [0, 0.05) is 41.0 Å². The topological polar surface area (TPSA) is 116 Å². The molecule has 0 saturated carbocycles. The third-order valence-electron chi connectivity index (χ3n) is 6.72. The average molecular weight is 511 g/mol. The molecule has 186 valence electrons. The highest BCUT2D eigenvalue weighted by molar-refractivity contribution is 6.36. The minimum atomic E-state index is -1.76. The van der Waals surface area contributed by atoms with Crippen LogP contribution in [-0.4, -0.2) is 47.0 Å². The number of carboxylic acids is 1. The van der Waals surface area contributed by atoms with Crippen molar-refractivity contribution in [2.75, 3.05) is 19.5 Å². The summed E-state index contributed by atoms with van der Waals surface area (Å²) < 4.78 is 18.4. The molecule has 0 radical (unpaired) electrons. The van der Waals surface area contributed by atoms with Gasteiger partial charge in [-0.25, -0.2) is 0 Å². The molecule has 1 spiro atoms. The molecule has 1 aliphatic carbocycles. The SMILES string of the molecule is COc1cc(OC)c2c(c1Cl)OC1(C(=O)C=C(Nc3cccc4c3ccn4CC(=O)O)CC1C)C2=O. The van der Waals surface area contributed by atoms with Crippen LogP contribution in [0.4, 0.5) is 5.69 Å². The van der Waals surface area contributed by atoms with E-state index in [1.807, 2.05) is 18.2 Å². The molecule has 0 saturated heterocycles. The molecule has 10 heteroatoms. The average Bonchev–Trinajstić information content (AvgIpc) is 3.39. The summed E-state index contributed by atoms with van der Waals surface area (Å²) in [6, 6.07) is 8.80. The molecule has 1 aromatic heterocycles. The molecular formula is C26H23ClN2O7. The van der Waals surface area contributed by atoms with Crippen molar-refractivity contribution in [3.05, 3.63) is 58.9 Å². The number of nitrogens with zero attached hydrogens (tertiary/aromatic N) is 1. The van der Waals surface area contributed by atoms with E-state index in [1.54, 1.807) is 23.8 Å². The molecule has 0 bridgehead atoms. The standard InChI is InChI=1S/C26H23ClN2O7/c1-13-9-14(28-16-5-4-6-17-15(16)7-8-29(17)12-21(31)32)10-20(30)26(13)25(33)22-18(34-2)11-19(35-3)23(27)24(22)36-26/h4-8,10-11,13,28H,9,12H2,1-3H3,(H,31,32). The summed E-state index contributed by atoms with van der Waals surface area (Å²) in [4.78, 5) is 38.3. The molecule has 0 amide bonds. The number of rotatable bonds is 6. The lowest BCUT2D eigenvalue weighted by atomic mass is 9.74. The number of hydrogen-bond acceptors (Lipinski definition) is 7. The second-order valence-corrected chi connectivity index (χ2v) is 9.18. The van der Waals surface area contributed by atoms with Crippen molar-refractivity contribution in [1.29, 1.82) is 0 Å². The number of carbonyl (C=O) groups is 3. The van der Waals surface area contributed by atoms with Crippen LogP contribution in [0.5, 0.6) is 17.2 Å². The van der Waals surface area contributed by atoms with E-state index in [1.165, 1.54) is 26.4 Å². The Bertz CT molecular complexity index is 1470. The lowest BCUT2D eigenvalue weighted by Crippen LogP contribution is -2.55. The Kier molecular flexibility index (Phi) is 5.67. The zero-order valence-electron chi connectivity index (χ0n) is 19.8. The van der Waals surface area contributed by atoms with Crippen LogP contribution in [0.3, 0.4) is 0 Å². The first-order valence-corrected chi connectivity index (χ1v) is 11.6. The number of halogens is 1. The van der Waals surface area contributed by atoms with Crippen LogP contribution >= 0.6 is 11.6 Å². The first-order valence-electron chi connectivity index (χ1n) is 11.2. The molecule has 36 heavy (non-hydrogen) atoms. The van der Waals surface area contributed by atoms with Gasteiger partial charge in [-0.15, -0.1) is 0 Å². The Hall–Kier alpha value is -3.98. The molecule has 2 aromatic carbocycles. The van der Waals surface area contributed by atoms with Crippen LogP contribution < -0.4 is 19.5 Å². The van der Waals surface area contributed by atoms with Crippen LogP contribution in [0.25, 0.3) is 10.9 Å². The Morgan fingerprint density at radius 1 is 1.25 bits per heavy atom. The van der Waals surface area contributed by atoms with Gasteiger partial charge >= 0.3 is 5.97 Å². The molecular weight excluding hydrogens is 488 g/mol. The van der Waals surface area contributed by atoms with E-state index in [0.29, 0.717) is 12.1 Å². The van der Waals surface area contributed by atoms with E-state index >= 15 is 0 Å². The van der Waals surface area contributed by atoms with Gasteiger partial charge in [-0.3, -0.25) is 14.4 Å². The third kappa shape index (κ3) is 3.42. The van der Waals surface area contributed by atoms with Gasteiger partial charge in [0.25, 0.3) is 0 Å². The van der Waals surface area contributed by atoms with Crippen molar-refractivity contribution in [3.8, 4) is 17.2 Å². The highest BCUT2D eigenvalue weighted by atomic mass is 35.5. The summed E-state index contributed by atoms with van der Waals surface area (Å²) in [6.07, 6.45) is 3.43. The maximum Gasteiger partial charge on any atom is 0.323 e. The first kappa shape index (κ1) is 23.7. The Labute approximate surface area is 211 Å². The van der Waals surface area contributed by atoms with E-state index in [9.17, 15) is 14.4 Å². The van der Waals surface area contributed by atoms with Crippen molar-refractivity contribution in [1.82, 2.24) is 4.57 Å². The summed E-state index contributed by atoms with van der Waals surface area (Å²) in [6.45, 7) is 1.61. The normalized spacial score (nSPS) is 20.8. The number of ketones is 2. The van der Waals surface area contributed by atoms with Gasteiger partial charge in [0.05, 0.1) is 19.7 Å². The summed E-state index contributed by atoms with van der Waals surface area (Å²) in [7, 11) is 2.85. The van der Waals surface area contributed by atoms with Crippen molar-refractivity contribution in [2.45, 2.75) is 25.5 Å². The van der Waals surface area contributed by atoms with E-state index in [2.05, 4.69) is 5.32 Å². The van der Waals surface area contributed by atoms with Crippen molar-refractivity contribution in [2.24, 2.45) is 5.92 Å². The summed E-state index contributed by atoms with van der Waals surface area (Å²) in [5, 5.41) is 13.4. The van der Waals surface area contributed by atoms with E-state index in [4.69, 9.17) is 30.9 Å². The summed E-state index contributed by atoms with van der Waals surface area (Å²) in [5.41, 5.74) is 0.441. The van der Waals surface area contributed by atoms with Crippen LogP contribution in [0.2, 0.25) is 5.02 Å². The number of nitrogens with one attached hydrogen (secondary N) is 1. The molecule has 3 aromatic rings. The van der Waals surface area contributed by atoms with E-state index in [-0.39, 0.29) is 34.4 Å². The lowest BCUT2D eigenvalue weighted by Gasteiger charge is -2.35. The predicted octanol–water partition coefficient (Wildman–Crippen LogP) is 4.32. The van der Waals surface area contributed by atoms with Gasteiger partial charge in [-0.2, -0.15) is 0 Å². The van der Waals surface area contributed by atoms with Gasteiger partial charge in [0.15, 0.2) is 5.75 Å². The van der Waals surface area contributed by atoms with Crippen LogP contribution in [0.15, 0.2) is 48.3 Å². The number of Topliss-reactive ketones (excluding diaryl/α,β-unsaturated/α-hetero) is 1. The number of carbonyl (C=O) groups excluding carboxylic acids is 2. The highest BCUT2D eigenvalue weighted by Crippen LogP contribution is 2.53. The fourth-order valence-electron chi connectivity index (χ4n) is 5.01. The Balaban J connectivity index is 1.49. The monoisotopic (exact) mass is 510 g/mol. The Morgan fingerprint density at radius 2 is 2.00 bits per heavy atom. The van der Waals surface area contributed by atoms with Gasteiger partial charge in [-0.05, 0) is 24.6 Å². The number of methoxy groups -OCH3 is 2. The Morgan fingerprint density at radius 3 is 2.67 bits per heavy atom. The van der Waals surface area contributed by atoms with Gasteiger partial charge < -0.3 is 29.2 Å². The van der Waals surface area contributed by atoms with Gasteiger partial charge in [0.1, 0.15) is 28.6 Å². The zero-order valence-corrected chi connectivity index (χ0v) is 20.5. The molecule has 2 aliphatic rings. The van der Waals surface area contributed by atoms with Crippen LogP contribution in [0.1, 0.15) is 23.7 Å². The molecule has 2 unspecified atom stereocenters. The lowest BCUT2D eigenvalue weighted by molar-refractivity contribution is -0.137. The molecule has 0 fully saturated rings. The largest absolute Gasteiger partial charge is 0.496 e. The van der Waals surface area contributed by atoms with E-state index < -0.39 is 29.1 Å². The maximum atomic E-state index is 13.6. The fourth-order valence-corrected chi connectivity index (χ4v) is 5.27. The third-order valence-corrected chi connectivity index (χ3v) is 7.08. The number of ether oxygens (including phenoxy) is 3. The number of benzene rings is 2. The molecule has 9 nitrogen and oxygen atoms in total. The highest BCUT2D eigenvalue weighted by Gasteiger charge is 2.60. The second-order valence-electron chi connectivity index (χ2n) is 8.81. The fraction of sp³-hybridized carbons (Fsp3) is 0.269. The second kappa shape index (κ2) is 8.60. The summed E-state index contributed by atoms with van der Waals surface area (Å²) >= 11 is 6.44. The maximum absolute atomic E-state index is 13.6. The minimum absolute atomic E-state index is 0.0763. The van der Waals surface area contributed by atoms with Crippen molar-refractivity contribution >= 4 is 45.7 Å². The quantitative estimate of drug-likeness (QED) is 0.471. The number of allylic oxidation sites excluding steroid dienone is 1. The van der Waals surface area contributed by atoms with Crippen molar-refractivity contribution < 1.29 is 33.7 Å². The van der Waals surface area contributed by atoms with Crippen LogP contribution in [0, 0.1) is 5.92 Å². The van der Waals surface area contributed by atoms with Crippen molar-refractivity contribution in [3.63, 3.8) is 0 Å². The molecule has 1 aliphatic heterocycles. The molecule has 2 heterocycles. The molecule has 2 N–H and O–H groups in total. The first-order chi connectivity index (χ1) is 17.2. The number of aromatic nitrogens is 1. The van der Waals surface area contributed by atoms with Crippen LogP contribution in [-0.2, 0) is 16.1 Å². The van der Waals surface area contributed by atoms with Gasteiger partial charge in [0.2, 0.25) is 17.2 Å².